The number of methoxy groups -OCH3 is 3. The predicted molar refractivity (Wildman–Crippen MR) is 146 cm³/mol. The maximum atomic E-state index is 12.3. The first-order chi connectivity index (χ1) is 18.4. The zero-order valence-electron chi connectivity index (χ0n) is 21.3. The van der Waals surface area contributed by atoms with Crippen LogP contribution in [0.15, 0.2) is 97.1 Å². The maximum Gasteiger partial charge on any atom is 0.196 e. The number of ketones is 2. The van der Waals surface area contributed by atoms with Gasteiger partial charge in [0, 0.05) is 23.8 Å². The Bertz CT molecular complexity index is 1410. The SMILES string of the molecule is COc1cc(O)c(C(=O)C=Cc2ccccc2)c(OC)c1.COc1ccc(C(=O)c2ccccc2)c(O)c1. The molecule has 38 heavy (non-hydrogen) atoms. The fraction of sp³-hybridized carbons (Fsp3) is 0.0968. The zero-order valence-corrected chi connectivity index (χ0v) is 21.3. The van der Waals surface area contributed by atoms with Gasteiger partial charge in [-0.25, -0.2) is 0 Å². The highest BCUT2D eigenvalue weighted by Crippen LogP contribution is 2.34. The fourth-order valence-electron chi connectivity index (χ4n) is 3.50. The lowest BCUT2D eigenvalue weighted by atomic mass is 10.0. The van der Waals surface area contributed by atoms with Gasteiger partial charge in [0.2, 0.25) is 0 Å². The summed E-state index contributed by atoms with van der Waals surface area (Å²) in [6, 6.07) is 25.8. The minimum atomic E-state index is -0.337. The van der Waals surface area contributed by atoms with Crippen molar-refractivity contribution in [3.8, 4) is 28.7 Å². The molecule has 0 aromatic heterocycles. The molecule has 4 aromatic carbocycles. The molecule has 0 aliphatic heterocycles. The lowest BCUT2D eigenvalue weighted by molar-refractivity contribution is 0.103. The Balaban J connectivity index is 0.000000215. The third kappa shape index (κ3) is 7.01. The second-order valence-electron chi connectivity index (χ2n) is 7.91. The number of phenols is 2. The van der Waals surface area contributed by atoms with E-state index in [2.05, 4.69) is 0 Å². The Morgan fingerprint density at radius 3 is 1.87 bits per heavy atom. The molecule has 0 atom stereocenters. The van der Waals surface area contributed by atoms with Gasteiger partial charge in [0.15, 0.2) is 11.6 Å². The molecular weight excluding hydrogens is 484 g/mol. The average molecular weight is 513 g/mol. The molecule has 7 nitrogen and oxygen atoms in total. The molecule has 0 radical (unpaired) electrons. The molecule has 0 heterocycles. The second kappa shape index (κ2) is 13.3. The van der Waals surface area contributed by atoms with E-state index in [1.807, 2.05) is 36.4 Å². The molecule has 4 aromatic rings. The Labute approximate surface area is 221 Å². The highest BCUT2D eigenvalue weighted by Gasteiger charge is 2.17. The van der Waals surface area contributed by atoms with Gasteiger partial charge in [0.1, 0.15) is 34.3 Å². The topological polar surface area (TPSA) is 102 Å². The van der Waals surface area contributed by atoms with E-state index in [1.54, 1.807) is 48.5 Å². The number of ether oxygens (including phenoxy) is 3. The molecular formula is C31H28O7. The standard InChI is InChI=1S/C17H16O4.C14H12O3/c1-20-13-10-15(19)17(16(11-13)21-2)14(18)9-8-12-6-4-3-5-7-12;1-17-11-7-8-12(13(15)9-11)14(16)10-5-3-2-4-6-10/h3-11,19H,1-2H3;2-9,15H,1H3. The van der Waals surface area contributed by atoms with Crippen LogP contribution in [0.5, 0.6) is 28.7 Å². The number of carbonyl (C=O) groups excluding carboxylic acids is 2. The summed E-state index contributed by atoms with van der Waals surface area (Å²) in [7, 11) is 4.42. The largest absolute Gasteiger partial charge is 0.507 e. The first-order valence-corrected chi connectivity index (χ1v) is 11.6. The van der Waals surface area contributed by atoms with E-state index >= 15 is 0 Å². The molecule has 0 unspecified atom stereocenters. The number of phenolic OH excluding ortho intramolecular Hbond substituents is 2. The summed E-state index contributed by atoms with van der Waals surface area (Å²) in [4.78, 5) is 24.3. The molecule has 2 N–H and O–H groups in total. The molecule has 4 rings (SSSR count). The van der Waals surface area contributed by atoms with Crippen molar-refractivity contribution in [3.05, 3.63) is 119 Å². The van der Waals surface area contributed by atoms with Crippen LogP contribution < -0.4 is 14.2 Å². The first kappa shape index (κ1) is 27.5. The highest BCUT2D eigenvalue weighted by molar-refractivity contribution is 6.11. The molecule has 0 saturated carbocycles. The van der Waals surface area contributed by atoms with Gasteiger partial charge in [0.25, 0.3) is 0 Å². The molecule has 0 aliphatic rings. The first-order valence-electron chi connectivity index (χ1n) is 11.6. The van der Waals surface area contributed by atoms with Gasteiger partial charge in [-0.05, 0) is 23.8 Å². The second-order valence-corrected chi connectivity index (χ2v) is 7.91. The predicted octanol–water partition coefficient (Wildman–Crippen LogP) is 5.94. The van der Waals surface area contributed by atoms with E-state index in [0.29, 0.717) is 17.1 Å². The Hall–Kier alpha value is -5.04. The van der Waals surface area contributed by atoms with E-state index < -0.39 is 0 Å². The van der Waals surface area contributed by atoms with Gasteiger partial charge in [-0.15, -0.1) is 0 Å². The van der Waals surface area contributed by atoms with Crippen LogP contribution in [0.4, 0.5) is 0 Å². The molecule has 194 valence electrons. The van der Waals surface area contributed by atoms with Crippen LogP contribution in [0.1, 0.15) is 31.8 Å². The van der Waals surface area contributed by atoms with Crippen molar-refractivity contribution in [2.45, 2.75) is 0 Å². The monoisotopic (exact) mass is 512 g/mol. The van der Waals surface area contributed by atoms with Gasteiger partial charge in [-0.3, -0.25) is 9.59 Å². The van der Waals surface area contributed by atoms with Crippen molar-refractivity contribution < 1.29 is 34.0 Å². The van der Waals surface area contributed by atoms with Crippen molar-refractivity contribution in [1.82, 2.24) is 0 Å². The third-order valence-corrected chi connectivity index (χ3v) is 5.47. The Kier molecular flexibility index (Phi) is 9.65. The van der Waals surface area contributed by atoms with Crippen molar-refractivity contribution in [2.24, 2.45) is 0 Å². The summed E-state index contributed by atoms with van der Waals surface area (Å²) >= 11 is 0. The third-order valence-electron chi connectivity index (χ3n) is 5.47. The van der Waals surface area contributed by atoms with Crippen molar-refractivity contribution in [2.75, 3.05) is 21.3 Å². The van der Waals surface area contributed by atoms with Crippen molar-refractivity contribution in [3.63, 3.8) is 0 Å². The average Bonchev–Trinajstić information content (AvgIpc) is 2.96. The van der Waals surface area contributed by atoms with E-state index in [-0.39, 0.29) is 39.9 Å². The number of carbonyl (C=O) groups is 2. The quantitative estimate of drug-likeness (QED) is 0.223. The molecule has 0 spiro atoms. The summed E-state index contributed by atoms with van der Waals surface area (Å²) in [6.45, 7) is 0. The molecule has 0 amide bonds. The van der Waals surface area contributed by atoms with Crippen molar-refractivity contribution in [1.29, 1.82) is 0 Å². The normalized spacial score (nSPS) is 10.3. The Morgan fingerprint density at radius 1 is 0.684 bits per heavy atom. The van der Waals surface area contributed by atoms with E-state index in [0.717, 1.165) is 5.56 Å². The molecule has 0 bridgehead atoms. The van der Waals surface area contributed by atoms with Crippen LogP contribution in [-0.4, -0.2) is 43.1 Å². The summed E-state index contributed by atoms with van der Waals surface area (Å²) in [5, 5.41) is 19.7. The lowest BCUT2D eigenvalue weighted by Gasteiger charge is -2.10. The fourth-order valence-corrected chi connectivity index (χ4v) is 3.50. The highest BCUT2D eigenvalue weighted by atomic mass is 16.5. The van der Waals surface area contributed by atoms with Crippen LogP contribution in [0.2, 0.25) is 0 Å². The van der Waals surface area contributed by atoms with Crippen LogP contribution in [0.25, 0.3) is 6.08 Å². The van der Waals surface area contributed by atoms with Gasteiger partial charge in [-0.1, -0.05) is 66.7 Å². The molecule has 0 aliphatic carbocycles. The number of hydrogen-bond donors (Lipinski definition) is 2. The molecule has 7 heteroatoms. The molecule has 0 saturated heterocycles. The number of aromatic hydroxyl groups is 2. The smallest absolute Gasteiger partial charge is 0.196 e. The van der Waals surface area contributed by atoms with Crippen LogP contribution in [-0.2, 0) is 0 Å². The van der Waals surface area contributed by atoms with Gasteiger partial charge < -0.3 is 24.4 Å². The summed E-state index contributed by atoms with van der Waals surface area (Å²) < 4.78 is 15.1. The van der Waals surface area contributed by atoms with Crippen LogP contribution in [0, 0.1) is 0 Å². The number of benzene rings is 4. The van der Waals surface area contributed by atoms with Crippen molar-refractivity contribution >= 4 is 17.6 Å². The molecule has 0 fully saturated rings. The lowest BCUT2D eigenvalue weighted by Crippen LogP contribution is -2.01. The maximum absolute atomic E-state index is 12.3. The van der Waals surface area contributed by atoms with E-state index in [1.165, 1.54) is 39.5 Å². The van der Waals surface area contributed by atoms with Gasteiger partial charge in [-0.2, -0.15) is 0 Å². The number of rotatable bonds is 8. The Morgan fingerprint density at radius 2 is 1.29 bits per heavy atom. The summed E-state index contributed by atoms with van der Waals surface area (Å²) in [5.74, 6) is 0.434. The van der Waals surface area contributed by atoms with E-state index in [4.69, 9.17) is 14.2 Å². The van der Waals surface area contributed by atoms with E-state index in [9.17, 15) is 19.8 Å². The zero-order chi connectivity index (χ0) is 27.5. The summed E-state index contributed by atoms with van der Waals surface area (Å²) in [5.41, 5.74) is 1.84. The van der Waals surface area contributed by atoms with Crippen LogP contribution >= 0.6 is 0 Å². The number of allylic oxidation sites excluding steroid dienone is 1. The minimum Gasteiger partial charge on any atom is -0.507 e. The minimum absolute atomic E-state index is 0.0711. The van der Waals surface area contributed by atoms with Gasteiger partial charge in [0.05, 0.1) is 26.9 Å². The van der Waals surface area contributed by atoms with Crippen LogP contribution in [0.3, 0.4) is 0 Å². The number of hydrogen-bond acceptors (Lipinski definition) is 7. The summed E-state index contributed by atoms with van der Waals surface area (Å²) in [6.07, 6.45) is 3.09. The van der Waals surface area contributed by atoms with Gasteiger partial charge >= 0.3 is 0 Å².